The van der Waals surface area contributed by atoms with Crippen LogP contribution in [0.3, 0.4) is 0 Å². The van der Waals surface area contributed by atoms with Gasteiger partial charge in [0.1, 0.15) is 11.6 Å². The van der Waals surface area contributed by atoms with Crippen molar-refractivity contribution in [2.75, 3.05) is 5.32 Å². The highest BCUT2D eigenvalue weighted by atomic mass is 16.5. The van der Waals surface area contributed by atoms with E-state index in [4.69, 9.17) is 4.52 Å². The van der Waals surface area contributed by atoms with Crippen LogP contribution < -0.4 is 5.32 Å². The molecule has 0 aromatic carbocycles. The third-order valence-electron chi connectivity index (χ3n) is 5.31. The van der Waals surface area contributed by atoms with Gasteiger partial charge in [-0.1, -0.05) is 11.2 Å². The summed E-state index contributed by atoms with van der Waals surface area (Å²) >= 11 is 0. The van der Waals surface area contributed by atoms with E-state index in [9.17, 15) is 4.79 Å². The maximum absolute atomic E-state index is 12.6. The van der Waals surface area contributed by atoms with Gasteiger partial charge in [0.2, 0.25) is 5.91 Å². The van der Waals surface area contributed by atoms with Crippen LogP contribution in [0.25, 0.3) is 33.5 Å². The maximum Gasteiger partial charge on any atom is 0.230 e. The lowest BCUT2D eigenvalue weighted by molar-refractivity contribution is -0.115. The Bertz CT molecular complexity index is 1400. The quantitative estimate of drug-likeness (QED) is 0.431. The van der Waals surface area contributed by atoms with E-state index in [1.54, 1.807) is 25.5 Å². The number of anilines is 1. The van der Waals surface area contributed by atoms with E-state index in [0.717, 1.165) is 39.1 Å². The minimum atomic E-state index is -0.188. The molecule has 0 spiro atoms. The fourth-order valence-electron chi connectivity index (χ4n) is 3.75. The van der Waals surface area contributed by atoms with Crippen molar-refractivity contribution in [1.82, 2.24) is 25.1 Å². The van der Waals surface area contributed by atoms with Crippen LogP contribution in [0.15, 0.2) is 65.6 Å². The van der Waals surface area contributed by atoms with E-state index >= 15 is 0 Å². The molecule has 8 nitrogen and oxygen atoms in total. The fraction of sp³-hybridized carbons (Fsp3) is 0.125. The van der Waals surface area contributed by atoms with Gasteiger partial charge >= 0.3 is 0 Å². The predicted molar refractivity (Wildman–Crippen MR) is 121 cm³/mol. The van der Waals surface area contributed by atoms with E-state index < -0.39 is 0 Å². The van der Waals surface area contributed by atoms with E-state index in [-0.39, 0.29) is 12.3 Å². The largest absolute Gasteiger partial charge is 0.361 e. The molecule has 8 heteroatoms. The summed E-state index contributed by atoms with van der Waals surface area (Å²) in [5, 5.41) is 6.78. The van der Waals surface area contributed by atoms with E-state index in [1.165, 1.54) is 0 Å². The number of carbonyl (C=O) groups excluding carboxylic acids is 1. The monoisotopic (exact) mass is 424 g/mol. The third kappa shape index (κ3) is 3.62. The molecule has 2 N–H and O–H groups in total. The van der Waals surface area contributed by atoms with Gasteiger partial charge in [-0.2, -0.15) is 0 Å². The van der Waals surface area contributed by atoms with Gasteiger partial charge in [-0.3, -0.25) is 14.8 Å². The topological polar surface area (TPSA) is 110 Å². The van der Waals surface area contributed by atoms with Gasteiger partial charge < -0.3 is 14.8 Å². The van der Waals surface area contributed by atoms with E-state index in [0.29, 0.717) is 17.3 Å². The average Bonchev–Trinajstić information content (AvgIpc) is 3.35. The Labute approximate surface area is 183 Å². The lowest BCUT2D eigenvalue weighted by Gasteiger charge is -2.08. The third-order valence-corrected chi connectivity index (χ3v) is 5.31. The molecule has 0 saturated carbocycles. The summed E-state index contributed by atoms with van der Waals surface area (Å²) in [5.41, 5.74) is 6.69. The number of nitrogens with one attached hydrogen (secondary N) is 2. The Morgan fingerprint density at radius 3 is 2.69 bits per heavy atom. The predicted octanol–water partition coefficient (Wildman–Crippen LogP) is 4.47. The highest BCUT2D eigenvalue weighted by Crippen LogP contribution is 2.36. The number of hydrogen-bond acceptors (Lipinski definition) is 6. The molecule has 0 saturated heterocycles. The smallest absolute Gasteiger partial charge is 0.230 e. The number of carbonyl (C=O) groups is 1. The lowest BCUT2D eigenvalue weighted by Crippen LogP contribution is -2.16. The number of hydrogen-bond donors (Lipinski definition) is 2. The number of H-pyrrole nitrogens is 1. The average molecular weight is 424 g/mol. The minimum Gasteiger partial charge on any atom is -0.361 e. The highest BCUT2D eigenvalue weighted by molar-refractivity contribution is 6.01. The zero-order chi connectivity index (χ0) is 22.1. The van der Waals surface area contributed by atoms with Crippen molar-refractivity contribution in [2.45, 2.75) is 20.3 Å². The molecule has 0 aliphatic carbocycles. The molecular formula is C24H20N6O2. The van der Waals surface area contributed by atoms with Crippen LogP contribution in [0.5, 0.6) is 0 Å². The van der Waals surface area contributed by atoms with Gasteiger partial charge in [-0.25, -0.2) is 4.98 Å². The molecular weight excluding hydrogens is 404 g/mol. The van der Waals surface area contributed by atoms with Crippen molar-refractivity contribution >= 4 is 22.8 Å². The molecule has 0 atom stereocenters. The Balaban J connectivity index is 1.50. The SMILES string of the molecule is Cc1noc(C)c1CC(=O)Nc1cc(-c2[nH]c3cccnc3c2-c2ccccn2)ccn1. The number of aryl methyl sites for hydroxylation is 2. The van der Waals surface area contributed by atoms with Crippen LogP contribution in [0.1, 0.15) is 17.0 Å². The fourth-order valence-corrected chi connectivity index (χ4v) is 3.75. The number of nitrogens with zero attached hydrogens (tertiary/aromatic N) is 4. The molecule has 0 fully saturated rings. The van der Waals surface area contributed by atoms with E-state index in [2.05, 4.69) is 30.4 Å². The number of fused-ring (bicyclic) bond motifs is 1. The van der Waals surface area contributed by atoms with E-state index in [1.807, 2.05) is 49.4 Å². The Morgan fingerprint density at radius 2 is 1.91 bits per heavy atom. The normalized spacial score (nSPS) is 11.1. The summed E-state index contributed by atoms with van der Waals surface area (Å²) in [5.74, 6) is 0.912. The first-order valence-electron chi connectivity index (χ1n) is 10.2. The van der Waals surface area contributed by atoms with Gasteiger partial charge in [-0.05, 0) is 50.2 Å². The van der Waals surface area contributed by atoms with Crippen molar-refractivity contribution in [1.29, 1.82) is 0 Å². The lowest BCUT2D eigenvalue weighted by atomic mass is 10.0. The summed E-state index contributed by atoms with van der Waals surface area (Å²) in [7, 11) is 0. The minimum absolute atomic E-state index is 0.169. The summed E-state index contributed by atoms with van der Waals surface area (Å²) in [6, 6.07) is 13.4. The van der Waals surface area contributed by atoms with Crippen LogP contribution in [0, 0.1) is 13.8 Å². The van der Waals surface area contributed by atoms with Gasteiger partial charge in [0.15, 0.2) is 0 Å². The second-order valence-electron chi connectivity index (χ2n) is 7.45. The number of aromatic nitrogens is 5. The molecule has 32 heavy (non-hydrogen) atoms. The summed E-state index contributed by atoms with van der Waals surface area (Å²) in [6.45, 7) is 3.62. The maximum atomic E-state index is 12.6. The molecule has 5 aromatic rings. The first-order chi connectivity index (χ1) is 15.6. The molecule has 0 bridgehead atoms. The number of amides is 1. The molecule has 1 amide bonds. The summed E-state index contributed by atoms with van der Waals surface area (Å²) in [6.07, 6.45) is 5.36. The zero-order valence-corrected chi connectivity index (χ0v) is 17.6. The van der Waals surface area contributed by atoms with Gasteiger partial charge in [0.25, 0.3) is 0 Å². The molecule has 5 rings (SSSR count). The summed E-state index contributed by atoms with van der Waals surface area (Å²) < 4.78 is 5.15. The molecule has 0 aliphatic rings. The summed E-state index contributed by atoms with van der Waals surface area (Å²) in [4.78, 5) is 29.5. The molecule has 5 heterocycles. The molecule has 5 aromatic heterocycles. The zero-order valence-electron chi connectivity index (χ0n) is 17.6. The van der Waals surface area contributed by atoms with Crippen LogP contribution in [-0.4, -0.2) is 31.0 Å². The Hall–Kier alpha value is -4.33. The van der Waals surface area contributed by atoms with Crippen LogP contribution in [0.2, 0.25) is 0 Å². The molecule has 0 unspecified atom stereocenters. The van der Waals surface area contributed by atoms with Crippen molar-refractivity contribution in [3.63, 3.8) is 0 Å². The molecule has 0 aliphatic heterocycles. The first kappa shape index (κ1) is 19.6. The Morgan fingerprint density at radius 1 is 1.03 bits per heavy atom. The molecule has 0 radical (unpaired) electrons. The number of rotatable bonds is 5. The van der Waals surface area contributed by atoms with Gasteiger partial charge in [0, 0.05) is 29.7 Å². The van der Waals surface area contributed by atoms with Crippen LogP contribution in [-0.2, 0) is 11.2 Å². The molecule has 158 valence electrons. The highest BCUT2D eigenvalue weighted by Gasteiger charge is 2.18. The second-order valence-corrected chi connectivity index (χ2v) is 7.45. The van der Waals surface area contributed by atoms with Gasteiger partial charge in [-0.15, -0.1) is 0 Å². The second kappa shape index (κ2) is 8.07. The Kier molecular flexibility index (Phi) is 4.95. The van der Waals surface area contributed by atoms with Crippen molar-refractivity contribution < 1.29 is 9.32 Å². The van der Waals surface area contributed by atoms with Crippen LogP contribution >= 0.6 is 0 Å². The van der Waals surface area contributed by atoms with Crippen molar-refractivity contribution in [2.24, 2.45) is 0 Å². The number of pyridine rings is 3. The van der Waals surface area contributed by atoms with Crippen molar-refractivity contribution in [3.05, 3.63) is 78.1 Å². The van der Waals surface area contributed by atoms with Crippen molar-refractivity contribution in [3.8, 4) is 22.5 Å². The van der Waals surface area contributed by atoms with Gasteiger partial charge in [0.05, 0.1) is 40.1 Å². The van der Waals surface area contributed by atoms with Crippen LogP contribution in [0.4, 0.5) is 5.82 Å². The standard InChI is InChI=1S/C24H20N6O2/c1-14-17(15(2)32-30-14)13-21(31)29-20-12-16(8-11-26-20)23-22(18-6-3-4-9-25-18)24-19(28-23)7-5-10-27-24/h3-12,28H,13H2,1-2H3,(H,26,29,31). The first-order valence-corrected chi connectivity index (χ1v) is 10.2. The number of aromatic amines is 1.